The summed E-state index contributed by atoms with van der Waals surface area (Å²) < 4.78 is 17.2. The van der Waals surface area contributed by atoms with Gasteiger partial charge in [0.05, 0.1) is 13.2 Å². The van der Waals surface area contributed by atoms with E-state index < -0.39 is 0 Å². The van der Waals surface area contributed by atoms with Crippen LogP contribution in [0.5, 0.6) is 11.5 Å². The first-order valence-corrected chi connectivity index (χ1v) is 8.13. The minimum absolute atomic E-state index is 0.312. The van der Waals surface area contributed by atoms with E-state index in [1.165, 1.54) is 5.56 Å². The average Bonchev–Trinajstić information content (AvgIpc) is 2.93. The maximum Gasteiger partial charge on any atom is 0.231 e. The SMILES string of the molecule is CC(CN1CCOCC1)NCc1cc2c(cc1Br)OCO2. The summed E-state index contributed by atoms with van der Waals surface area (Å²) >= 11 is 3.60. The van der Waals surface area contributed by atoms with Crippen molar-refractivity contribution in [1.29, 1.82) is 0 Å². The Labute approximate surface area is 133 Å². The lowest BCUT2D eigenvalue weighted by molar-refractivity contribution is 0.0343. The highest BCUT2D eigenvalue weighted by Crippen LogP contribution is 2.36. The summed E-state index contributed by atoms with van der Waals surface area (Å²) in [6.07, 6.45) is 0. The summed E-state index contributed by atoms with van der Waals surface area (Å²) in [5.41, 5.74) is 1.19. The Kier molecular flexibility index (Phi) is 5.00. The van der Waals surface area contributed by atoms with E-state index in [2.05, 4.69) is 33.1 Å². The molecule has 0 amide bonds. The Balaban J connectivity index is 1.52. The van der Waals surface area contributed by atoms with Crippen LogP contribution in [0.3, 0.4) is 0 Å². The highest BCUT2D eigenvalue weighted by atomic mass is 79.9. The van der Waals surface area contributed by atoms with Crippen LogP contribution in [-0.4, -0.2) is 50.6 Å². The molecule has 1 aromatic carbocycles. The Morgan fingerprint density at radius 2 is 1.95 bits per heavy atom. The zero-order valence-corrected chi connectivity index (χ0v) is 13.8. The van der Waals surface area contributed by atoms with Crippen molar-refractivity contribution in [3.63, 3.8) is 0 Å². The number of nitrogens with zero attached hydrogens (tertiary/aromatic N) is 1. The highest BCUT2D eigenvalue weighted by Gasteiger charge is 2.17. The topological polar surface area (TPSA) is 43.0 Å². The lowest BCUT2D eigenvalue weighted by Crippen LogP contribution is -2.44. The third-order valence-electron chi connectivity index (χ3n) is 3.82. The van der Waals surface area contributed by atoms with Crippen LogP contribution in [0.4, 0.5) is 0 Å². The number of benzene rings is 1. The third-order valence-corrected chi connectivity index (χ3v) is 4.56. The van der Waals surface area contributed by atoms with Crippen molar-refractivity contribution in [2.24, 2.45) is 0 Å². The number of ether oxygens (including phenoxy) is 3. The molecule has 1 unspecified atom stereocenters. The molecule has 0 radical (unpaired) electrons. The molecular weight excluding hydrogens is 336 g/mol. The van der Waals surface area contributed by atoms with Crippen molar-refractivity contribution in [2.75, 3.05) is 39.6 Å². The first-order valence-electron chi connectivity index (χ1n) is 7.34. The minimum Gasteiger partial charge on any atom is -0.454 e. The molecule has 0 aliphatic carbocycles. The Morgan fingerprint density at radius 3 is 2.71 bits per heavy atom. The van der Waals surface area contributed by atoms with Gasteiger partial charge >= 0.3 is 0 Å². The smallest absolute Gasteiger partial charge is 0.231 e. The van der Waals surface area contributed by atoms with Crippen molar-refractivity contribution >= 4 is 15.9 Å². The van der Waals surface area contributed by atoms with Crippen LogP contribution in [0.15, 0.2) is 16.6 Å². The van der Waals surface area contributed by atoms with Crippen LogP contribution in [0.25, 0.3) is 0 Å². The molecular formula is C15H21BrN2O3. The van der Waals surface area contributed by atoms with Gasteiger partial charge in [-0.25, -0.2) is 0 Å². The molecule has 1 fully saturated rings. The molecule has 1 aromatic rings. The monoisotopic (exact) mass is 356 g/mol. The van der Waals surface area contributed by atoms with Gasteiger partial charge in [-0.15, -0.1) is 0 Å². The van der Waals surface area contributed by atoms with Crippen LogP contribution < -0.4 is 14.8 Å². The normalized spacial score (nSPS) is 19.7. The van der Waals surface area contributed by atoms with E-state index in [4.69, 9.17) is 14.2 Å². The quantitative estimate of drug-likeness (QED) is 0.873. The Morgan fingerprint density at radius 1 is 1.24 bits per heavy atom. The fourth-order valence-corrected chi connectivity index (χ4v) is 3.08. The Hall–Kier alpha value is -0.820. The molecule has 0 aromatic heterocycles. The molecule has 2 heterocycles. The molecule has 116 valence electrons. The fraction of sp³-hybridized carbons (Fsp3) is 0.600. The number of fused-ring (bicyclic) bond motifs is 1. The third kappa shape index (κ3) is 3.88. The zero-order chi connectivity index (χ0) is 14.7. The maximum absolute atomic E-state index is 5.43. The second-order valence-corrected chi connectivity index (χ2v) is 6.35. The van der Waals surface area contributed by atoms with Gasteiger partial charge in [-0.05, 0) is 24.6 Å². The van der Waals surface area contributed by atoms with Gasteiger partial charge in [-0.1, -0.05) is 15.9 Å². The van der Waals surface area contributed by atoms with Gasteiger partial charge in [0.1, 0.15) is 0 Å². The van der Waals surface area contributed by atoms with Gasteiger partial charge < -0.3 is 19.5 Å². The summed E-state index contributed by atoms with van der Waals surface area (Å²) in [6.45, 7) is 8.14. The van der Waals surface area contributed by atoms with E-state index in [0.29, 0.717) is 12.8 Å². The van der Waals surface area contributed by atoms with Gasteiger partial charge in [-0.2, -0.15) is 0 Å². The van der Waals surface area contributed by atoms with Crippen molar-refractivity contribution in [1.82, 2.24) is 10.2 Å². The summed E-state index contributed by atoms with van der Waals surface area (Å²) in [5.74, 6) is 1.64. The average molecular weight is 357 g/mol. The largest absolute Gasteiger partial charge is 0.454 e. The number of nitrogens with one attached hydrogen (secondary N) is 1. The van der Waals surface area contributed by atoms with Gasteiger partial charge in [0.2, 0.25) is 6.79 Å². The molecule has 0 spiro atoms. The second kappa shape index (κ2) is 6.96. The number of hydrogen-bond acceptors (Lipinski definition) is 5. The van der Waals surface area contributed by atoms with Crippen LogP contribution >= 0.6 is 15.9 Å². The number of rotatable bonds is 5. The van der Waals surface area contributed by atoms with Crippen molar-refractivity contribution < 1.29 is 14.2 Å². The van der Waals surface area contributed by atoms with Crippen LogP contribution in [0.1, 0.15) is 12.5 Å². The summed E-state index contributed by atoms with van der Waals surface area (Å²) in [5, 5.41) is 3.57. The van der Waals surface area contributed by atoms with Gasteiger partial charge in [0, 0.05) is 36.7 Å². The first-order chi connectivity index (χ1) is 10.2. The number of hydrogen-bond donors (Lipinski definition) is 1. The first kappa shape index (κ1) is 15.1. The van der Waals surface area contributed by atoms with E-state index in [1.807, 2.05) is 12.1 Å². The minimum atomic E-state index is 0.312. The van der Waals surface area contributed by atoms with Crippen molar-refractivity contribution in [3.8, 4) is 11.5 Å². The molecule has 0 bridgehead atoms. The van der Waals surface area contributed by atoms with Gasteiger partial charge in [-0.3, -0.25) is 4.90 Å². The van der Waals surface area contributed by atoms with Crippen molar-refractivity contribution in [3.05, 3.63) is 22.2 Å². The highest BCUT2D eigenvalue weighted by molar-refractivity contribution is 9.10. The summed E-state index contributed by atoms with van der Waals surface area (Å²) in [4.78, 5) is 2.44. The van der Waals surface area contributed by atoms with Gasteiger partial charge in [0.15, 0.2) is 11.5 Å². The molecule has 3 rings (SSSR count). The Bertz CT molecular complexity index is 492. The number of halogens is 1. The molecule has 2 aliphatic heterocycles. The summed E-state index contributed by atoms with van der Waals surface area (Å²) in [7, 11) is 0. The second-order valence-electron chi connectivity index (χ2n) is 5.49. The van der Waals surface area contributed by atoms with E-state index in [-0.39, 0.29) is 0 Å². The standard InChI is InChI=1S/C15H21BrN2O3/c1-11(9-18-2-4-19-5-3-18)17-8-12-6-14-15(7-13(12)16)21-10-20-14/h6-7,11,17H,2-5,8-10H2,1H3. The van der Waals surface area contributed by atoms with E-state index >= 15 is 0 Å². The van der Waals surface area contributed by atoms with Crippen LogP contribution in [0, 0.1) is 0 Å². The fourth-order valence-electron chi connectivity index (χ4n) is 2.61. The summed E-state index contributed by atoms with van der Waals surface area (Å²) in [6, 6.07) is 4.45. The number of morpholine rings is 1. The van der Waals surface area contributed by atoms with Crippen molar-refractivity contribution in [2.45, 2.75) is 19.5 Å². The van der Waals surface area contributed by atoms with E-state index in [1.54, 1.807) is 0 Å². The molecule has 2 aliphatic rings. The maximum atomic E-state index is 5.43. The molecule has 1 N–H and O–H groups in total. The lowest BCUT2D eigenvalue weighted by atomic mass is 10.2. The van der Waals surface area contributed by atoms with E-state index in [0.717, 1.165) is 55.4 Å². The van der Waals surface area contributed by atoms with Gasteiger partial charge in [0.25, 0.3) is 0 Å². The van der Waals surface area contributed by atoms with Crippen LogP contribution in [-0.2, 0) is 11.3 Å². The van der Waals surface area contributed by atoms with Crippen LogP contribution in [0.2, 0.25) is 0 Å². The van der Waals surface area contributed by atoms with E-state index in [9.17, 15) is 0 Å². The molecule has 21 heavy (non-hydrogen) atoms. The molecule has 6 heteroatoms. The molecule has 1 saturated heterocycles. The molecule has 5 nitrogen and oxygen atoms in total. The lowest BCUT2D eigenvalue weighted by Gasteiger charge is -2.29. The predicted molar refractivity (Wildman–Crippen MR) is 83.8 cm³/mol. The predicted octanol–water partition coefficient (Wildman–Crippen LogP) is 1.99. The zero-order valence-electron chi connectivity index (χ0n) is 12.2. The molecule has 0 saturated carbocycles. The molecule has 1 atom stereocenters.